The molecule has 92 valence electrons. The van der Waals surface area contributed by atoms with Crippen LogP contribution in [0.2, 0.25) is 0 Å². The van der Waals surface area contributed by atoms with Crippen molar-refractivity contribution < 1.29 is 9.84 Å². The summed E-state index contributed by atoms with van der Waals surface area (Å²) in [5, 5.41) is 8.96. The van der Waals surface area contributed by atoms with Crippen molar-refractivity contribution in [2.24, 2.45) is 0 Å². The van der Waals surface area contributed by atoms with Crippen LogP contribution >= 0.6 is 0 Å². The second-order valence-corrected chi connectivity index (χ2v) is 4.01. The SMILES string of the molecule is COc1ccc(/C=C/c2ccc(CO)cc2)cc1. The summed E-state index contributed by atoms with van der Waals surface area (Å²) in [6.45, 7) is 0.0858. The molecule has 0 radical (unpaired) electrons. The maximum absolute atomic E-state index is 8.96. The predicted octanol–water partition coefficient (Wildman–Crippen LogP) is 3.36. The van der Waals surface area contributed by atoms with E-state index in [9.17, 15) is 0 Å². The summed E-state index contributed by atoms with van der Waals surface area (Å²) >= 11 is 0. The lowest BCUT2D eigenvalue weighted by Gasteiger charge is -2.00. The summed E-state index contributed by atoms with van der Waals surface area (Å²) in [6.07, 6.45) is 4.09. The van der Waals surface area contributed by atoms with Crippen molar-refractivity contribution in [2.45, 2.75) is 6.61 Å². The van der Waals surface area contributed by atoms with E-state index in [4.69, 9.17) is 9.84 Å². The highest BCUT2D eigenvalue weighted by molar-refractivity contribution is 5.69. The maximum atomic E-state index is 8.96. The molecule has 0 spiro atoms. The van der Waals surface area contributed by atoms with Crippen molar-refractivity contribution in [1.82, 2.24) is 0 Å². The first kappa shape index (κ1) is 12.4. The van der Waals surface area contributed by atoms with E-state index in [0.717, 1.165) is 22.4 Å². The number of aliphatic hydroxyl groups excluding tert-OH is 1. The smallest absolute Gasteiger partial charge is 0.118 e. The molecule has 2 heteroatoms. The molecule has 0 saturated carbocycles. The zero-order chi connectivity index (χ0) is 12.8. The van der Waals surface area contributed by atoms with Gasteiger partial charge in [-0.1, -0.05) is 48.6 Å². The first-order valence-electron chi connectivity index (χ1n) is 5.84. The number of hydrogen-bond acceptors (Lipinski definition) is 2. The fourth-order valence-electron chi connectivity index (χ4n) is 1.64. The molecule has 1 N–H and O–H groups in total. The third-order valence-electron chi connectivity index (χ3n) is 2.75. The summed E-state index contributed by atoms with van der Waals surface area (Å²) < 4.78 is 5.11. The molecule has 0 bridgehead atoms. The number of methoxy groups -OCH3 is 1. The number of rotatable bonds is 4. The number of benzene rings is 2. The topological polar surface area (TPSA) is 29.5 Å². The molecule has 0 aliphatic heterocycles. The van der Waals surface area contributed by atoms with Crippen molar-refractivity contribution in [3.63, 3.8) is 0 Å². The number of aliphatic hydroxyl groups is 1. The van der Waals surface area contributed by atoms with Crippen molar-refractivity contribution in [3.8, 4) is 5.75 Å². The zero-order valence-electron chi connectivity index (χ0n) is 10.3. The number of ether oxygens (including phenoxy) is 1. The van der Waals surface area contributed by atoms with Gasteiger partial charge in [0.05, 0.1) is 13.7 Å². The van der Waals surface area contributed by atoms with Gasteiger partial charge in [-0.05, 0) is 28.8 Å². The second-order valence-electron chi connectivity index (χ2n) is 4.01. The molecule has 0 fully saturated rings. The summed E-state index contributed by atoms with van der Waals surface area (Å²) in [7, 11) is 1.66. The highest BCUT2D eigenvalue weighted by Gasteiger charge is 1.92. The van der Waals surface area contributed by atoms with Crippen LogP contribution in [0.1, 0.15) is 16.7 Å². The van der Waals surface area contributed by atoms with Crippen LogP contribution in [0, 0.1) is 0 Å². The van der Waals surface area contributed by atoms with Crippen molar-refractivity contribution in [1.29, 1.82) is 0 Å². The highest BCUT2D eigenvalue weighted by atomic mass is 16.5. The molecule has 2 aromatic rings. The number of hydrogen-bond donors (Lipinski definition) is 1. The van der Waals surface area contributed by atoms with Gasteiger partial charge in [-0.15, -0.1) is 0 Å². The minimum Gasteiger partial charge on any atom is -0.497 e. The molecule has 0 aliphatic rings. The first-order valence-corrected chi connectivity index (χ1v) is 5.84. The molecule has 2 rings (SSSR count). The first-order chi connectivity index (χ1) is 8.81. The molecule has 2 nitrogen and oxygen atoms in total. The highest BCUT2D eigenvalue weighted by Crippen LogP contribution is 2.14. The molecule has 0 saturated heterocycles. The largest absolute Gasteiger partial charge is 0.497 e. The van der Waals surface area contributed by atoms with Crippen LogP contribution in [-0.4, -0.2) is 12.2 Å². The molecular weight excluding hydrogens is 224 g/mol. The molecule has 0 aromatic heterocycles. The van der Waals surface area contributed by atoms with Gasteiger partial charge < -0.3 is 9.84 Å². The predicted molar refractivity (Wildman–Crippen MR) is 74.3 cm³/mol. The average Bonchev–Trinajstić information content (AvgIpc) is 2.46. The van der Waals surface area contributed by atoms with Gasteiger partial charge in [0.1, 0.15) is 5.75 Å². The minimum atomic E-state index is 0.0858. The molecule has 18 heavy (non-hydrogen) atoms. The summed E-state index contributed by atoms with van der Waals surface area (Å²) in [5.41, 5.74) is 3.17. The van der Waals surface area contributed by atoms with Crippen LogP contribution < -0.4 is 4.74 Å². The lowest BCUT2D eigenvalue weighted by molar-refractivity contribution is 0.282. The van der Waals surface area contributed by atoms with Crippen molar-refractivity contribution >= 4 is 12.2 Å². The summed E-state index contributed by atoms with van der Waals surface area (Å²) in [6, 6.07) is 15.7. The van der Waals surface area contributed by atoms with E-state index < -0.39 is 0 Å². The molecule has 0 unspecified atom stereocenters. The fourth-order valence-corrected chi connectivity index (χ4v) is 1.64. The Morgan fingerprint density at radius 2 is 1.39 bits per heavy atom. The Balaban J connectivity index is 2.08. The normalized spacial score (nSPS) is 10.8. The van der Waals surface area contributed by atoms with Gasteiger partial charge in [-0.25, -0.2) is 0 Å². The molecule has 0 atom stereocenters. The Hall–Kier alpha value is -2.06. The quantitative estimate of drug-likeness (QED) is 0.830. The van der Waals surface area contributed by atoms with Crippen LogP contribution in [0.3, 0.4) is 0 Å². The Morgan fingerprint density at radius 1 is 0.889 bits per heavy atom. The molecule has 0 aliphatic carbocycles. The van der Waals surface area contributed by atoms with Crippen LogP contribution in [0.5, 0.6) is 5.75 Å². The molecule has 0 amide bonds. The average molecular weight is 240 g/mol. The Kier molecular flexibility index (Phi) is 4.15. The lowest BCUT2D eigenvalue weighted by Crippen LogP contribution is -1.82. The van der Waals surface area contributed by atoms with Crippen molar-refractivity contribution in [2.75, 3.05) is 7.11 Å². The van der Waals surface area contributed by atoms with E-state index in [1.54, 1.807) is 7.11 Å². The van der Waals surface area contributed by atoms with Crippen molar-refractivity contribution in [3.05, 3.63) is 65.2 Å². The van der Waals surface area contributed by atoms with E-state index in [2.05, 4.69) is 0 Å². The van der Waals surface area contributed by atoms with Gasteiger partial charge >= 0.3 is 0 Å². The van der Waals surface area contributed by atoms with Gasteiger partial charge in [0, 0.05) is 0 Å². The van der Waals surface area contributed by atoms with E-state index in [1.807, 2.05) is 60.7 Å². The van der Waals surface area contributed by atoms with Gasteiger partial charge in [0.25, 0.3) is 0 Å². The van der Waals surface area contributed by atoms with E-state index in [0.29, 0.717) is 0 Å². The Labute approximate surface area is 107 Å². The van der Waals surface area contributed by atoms with Gasteiger partial charge in [-0.3, -0.25) is 0 Å². The Bertz CT molecular complexity index is 460. The summed E-state index contributed by atoms with van der Waals surface area (Å²) in [4.78, 5) is 0. The van der Waals surface area contributed by atoms with E-state index in [1.165, 1.54) is 0 Å². The lowest BCUT2D eigenvalue weighted by atomic mass is 10.1. The van der Waals surface area contributed by atoms with E-state index >= 15 is 0 Å². The standard InChI is InChI=1S/C16H16O2/c1-18-16-10-8-14(9-11-16)3-2-13-4-6-15(12-17)7-5-13/h2-11,17H,12H2,1H3/b3-2+. The molecular formula is C16H16O2. The van der Waals surface area contributed by atoms with Gasteiger partial charge in [0.15, 0.2) is 0 Å². The van der Waals surface area contributed by atoms with Crippen LogP contribution in [0.15, 0.2) is 48.5 Å². The summed E-state index contributed by atoms with van der Waals surface area (Å²) in [5.74, 6) is 0.861. The third-order valence-corrected chi connectivity index (χ3v) is 2.75. The van der Waals surface area contributed by atoms with Gasteiger partial charge in [-0.2, -0.15) is 0 Å². The van der Waals surface area contributed by atoms with Gasteiger partial charge in [0.2, 0.25) is 0 Å². The van der Waals surface area contributed by atoms with Crippen LogP contribution in [0.25, 0.3) is 12.2 Å². The maximum Gasteiger partial charge on any atom is 0.118 e. The Morgan fingerprint density at radius 3 is 1.83 bits per heavy atom. The third kappa shape index (κ3) is 3.22. The second kappa shape index (κ2) is 6.03. The van der Waals surface area contributed by atoms with E-state index in [-0.39, 0.29) is 6.61 Å². The fraction of sp³-hybridized carbons (Fsp3) is 0.125. The minimum absolute atomic E-state index is 0.0858. The zero-order valence-corrected chi connectivity index (χ0v) is 10.3. The van der Waals surface area contributed by atoms with Crippen LogP contribution in [0.4, 0.5) is 0 Å². The monoisotopic (exact) mass is 240 g/mol. The van der Waals surface area contributed by atoms with Crippen LogP contribution in [-0.2, 0) is 6.61 Å². The molecule has 0 heterocycles. The molecule has 2 aromatic carbocycles.